The first kappa shape index (κ1) is 18.8. The molecule has 1 amide bonds. The summed E-state index contributed by atoms with van der Waals surface area (Å²) in [5.41, 5.74) is 0.421. The summed E-state index contributed by atoms with van der Waals surface area (Å²) in [5, 5.41) is 3.26. The van der Waals surface area contributed by atoms with E-state index in [1.807, 2.05) is 0 Å². The summed E-state index contributed by atoms with van der Waals surface area (Å²) >= 11 is 6.04. The molecule has 138 valence electrons. The number of nitrogens with one attached hydrogen (secondary N) is 1. The van der Waals surface area contributed by atoms with Gasteiger partial charge in [-0.1, -0.05) is 23.7 Å². The molecule has 1 aromatic heterocycles. The normalized spacial score (nSPS) is 18.4. The van der Waals surface area contributed by atoms with Crippen molar-refractivity contribution in [3.05, 3.63) is 59.4 Å². The van der Waals surface area contributed by atoms with Gasteiger partial charge < -0.3 is 5.32 Å². The van der Waals surface area contributed by atoms with E-state index in [2.05, 4.69) is 10.3 Å². The molecule has 1 aliphatic rings. The summed E-state index contributed by atoms with van der Waals surface area (Å²) in [6, 6.07) is 10.0. The number of halogens is 1. The van der Waals surface area contributed by atoms with Crippen LogP contribution in [0.4, 0.5) is 0 Å². The van der Waals surface area contributed by atoms with Gasteiger partial charge in [0.1, 0.15) is 4.90 Å². The molecule has 8 heteroatoms. The number of benzene rings is 1. The molecule has 0 aliphatic carbocycles. The Morgan fingerprint density at radius 2 is 2.08 bits per heavy atom. The predicted octanol–water partition coefficient (Wildman–Crippen LogP) is 2.57. The summed E-state index contributed by atoms with van der Waals surface area (Å²) in [4.78, 5) is 16.4. The summed E-state index contributed by atoms with van der Waals surface area (Å²) in [6.45, 7) is 1.26. The summed E-state index contributed by atoms with van der Waals surface area (Å²) < 4.78 is 26.9. The van der Waals surface area contributed by atoms with E-state index in [0.29, 0.717) is 30.2 Å². The number of hydrogen-bond donors (Lipinski definition) is 1. The van der Waals surface area contributed by atoms with Gasteiger partial charge in [0.2, 0.25) is 10.0 Å². The number of piperidine rings is 1. The minimum absolute atomic E-state index is 0.0571. The average molecular weight is 394 g/mol. The fourth-order valence-electron chi connectivity index (χ4n) is 3.04. The SMILES string of the molecule is O=C(NCC1CCCN(S(=O)(=O)c2cccnc2)C1)c1ccccc1Cl. The standard InChI is InChI=1S/C18H20ClN3O3S/c19-17-8-2-1-7-16(17)18(23)21-11-14-5-4-10-22(13-14)26(24,25)15-6-3-9-20-12-15/h1-3,6-9,12,14H,4-5,10-11,13H2,(H,21,23). The second kappa shape index (κ2) is 8.16. The van der Waals surface area contributed by atoms with Crippen LogP contribution in [0.3, 0.4) is 0 Å². The molecule has 1 N–H and O–H groups in total. The highest BCUT2D eigenvalue weighted by atomic mass is 35.5. The first-order chi connectivity index (χ1) is 12.5. The van der Waals surface area contributed by atoms with Gasteiger partial charge >= 0.3 is 0 Å². The number of aromatic nitrogens is 1. The van der Waals surface area contributed by atoms with E-state index in [9.17, 15) is 13.2 Å². The monoisotopic (exact) mass is 393 g/mol. The second-order valence-electron chi connectivity index (χ2n) is 6.25. The van der Waals surface area contributed by atoms with Crippen LogP contribution >= 0.6 is 11.6 Å². The first-order valence-electron chi connectivity index (χ1n) is 8.41. The van der Waals surface area contributed by atoms with Crippen LogP contribution in [0.15, 0.2) is 53.7 Å². The van der Waals surface area contributed by atoms with Crippen LogP contribution < -0.4 is 5.32 Å². The molecule has 3 rings (SSSR count). The molecule has 0 spiro atoms. The molecule has 2 heterocycles. The van der Waals surface area contributed by atoms with Gasteiger partial charge in [-0.3, -0.25) is 9.78 Å². The van der Waals surface area contributed by atoms with E-state index >= 15 is 0 Å². The van der Waals surface area contributed by atoms with Crippen LogP contribution in [0.5, 0.6) is 0 Å². The van der Waals surface area contributed by atoms with Crippen molar-refractivity contribution in [2.75, 3.05) is 19.6 Å². The van der Waals surface area contributed by atoms with E-state index in [1.165, 1.54) is 10.5 Å². The lowest BCUT2D eigenvalue weighted by atomic mass is 9.99. The maximum atomic E-state index is 12.7. The zero-order chi connectivity index (χ0) is 18.6. The molecule has 1 unspecified atom stereocenters. The van der Waals surface area contributed by atoms with Crippen LogP contribution in [0.2, 0.25) is 5.02 Å². The smallest absolute Gasteiger partial charge is 0.252 e. The van der Waals surface area contributed by atoms with Crippen molar-refractivity contribution in [1.29, 1.82) is 0 Å². The topological polar surface area (TPSA) is 79.4 Å². The molecule has 0 radical (unpaired) electrons. The highest BCUT2D eigenvalue weighted by Gasteiger charge is 2.30. The highest BCUT2D eigenvalue weighted by molar-refractivity contribution is 7.89. The molecular formula is C18H20ClN3O3S. The van der Waals surface area contributed by atoms with Gasteiger partial charge in [-0.25, -0.2) is 8.42 Å². The molecule has 1 aromatic carbocycles. The molecule has 0 saturated carbocycles. The quantitative estimate of drug-likeness (QED) is 0.846. The fraction of sp³-hybridized carbons (Fsp3) is 0.333. The Hall–Kier alpha value is -1.96. The average Bonchev–Trinajstić information content (AvgIpc) is 2.67. The number of nitrogens with zero attached hydrogens (tertiary/aromatic N) is 2. The molecule has 1 saturated heterocycles. The van der Waals surface area contributed by atoms with Crippen molar-refractivity contribution in [2.24, 2.45) is 5.92 Å². The number of carbonyl (C=O) groups is 1. The van der Waals surface area contributed by atoms with Crippen LogP contribution in [-0.4, -0.2) is 43.2 Å². The number of hydrogen-bond acceptors (Lipinski definition) is 4. The summed E-state index contributed by atoms with van der Waals surface area (Å²) in [5.74, 6) is -0.190. The lowest BCUT2D eigenvalue weighted by Crippen LogP contribution is -2.43. The lowest BCUT2D eigenvalue weighted by molar-refractivity contribution is 0.0941. The zero-order valence-corrected chi connectivity index (χ0v) is 15.7. The number of amides is 1. The van der Waals surface area contributed by atoms with Crippen LogP contribution in [0.25, 0.3) is 0 Å². The van der Waals surface area contributed by atoms with E-state index in [-0.39, 0.29) is 16.7 Å². The van der Waals surface area contributed by atoms with Crippen molar-refractivity contribution in [1.82, 2.24) is 14.6 Å². The van der Waals surface area contributed by atoms with Crippen molar-refractivity contribution in [2.45, 2.75) is 17.7 Å². The Morgan fingerprint density at radius 3 is 2.81 bits per heavy atom. The largest absolute Gasteiger partial charge is 0.352 e. The Kier molecular flexibility index (Phi) is 5.90. The van der Waals surface area contributed by atoms with E-state index < -0.39 is 10.0 Å². The summed E-state index contributed by atoms with van der Waals surface area (Å²) in [7, 11) is -3.56. The van der Waals surface area contributed by atoms with Gasteiger partial charge in [-0.2, -0.15) is 4.31 Å². The third-order valence-corrected chi connectivity index (χ3v) is 6.60. The molecule has 1 fully saturated rings. The van der Waals surface area contributed by atoms with E-state index in [0.717, 1.165) is 12.8 Å². The minimum atomic E-state index is -3.56. The zero-order valence-electron chi connectivity index (χ0n) is 14.1. The molecule has 1 aliphatic heterocycles. The summed E-state index contributed by atoms with van der Waals surface area (Å²) in [6.07, 6.45) is 4.52. The molecule has 0 bridgehead atoms. The Balaban J connectivity index is 1.62. The van der Waals surface area contributed by atoms with Crippen LogP contribution in [0.1, 0.15) is 23.2 Å². The van der Waals surface area contributed by atoms with E-state index in [1.54, 1.807) is 42.6 Å². The Morgan fingerprint density at radius 1 is 1.27 bits per heavy atom. The number of sulfonamides is 1. The van der Waals surface area contributed by atoms with Gasteiger partial charge in [0.25, 0.3) is 5.91 Å². The molecular weight excluding hydrogens is 374 g/mol. The highest BCUT2D eigenvalue weighted by Crippen LogP contribution is 2.23. The lowest BCUT2D eigenvalue weighted by Gasteiger charge is -2.32. The van der Waals surface area contributed by atoms with Crippen molar-refractivity contribution in [3.8, 4) is 0 Å². The Labute approximate surface area is 158 Å². The van der Waals surface area contributed by atoms with Crippen LogP contribution in [0, 0.1) is 5.92 Å². The van der Waals surface area contributed by atoms with Crippen molar-refractivity contribution >= 4 is 27.5 Å². The van der Waals surface area contributed by atoms with Gasteiger partial charge in [-0.15, -0.1) is 0 Å². The Bertz CT molecular complexity index is 874. The van der Waals surface area contributed by atoms with Crippen molar-refractivity contribution in [3.63, 3.8) is 0 Å². The third-order valence-electron chi connectivity index (χ3n) is 4.42. The fourth-order valence-corrected chi connectivity index (χ4v) is 4.78. The maximum absolute atomic E-state index is 12.7. The molecule has 26 heavy (non-hydrogen) atoms. The van der Waals surface area contributed by atoms with E-state index in [4.69, 9.17) is 11.6 Å². The predicted molar refractivity (Wildman–Crippen MR) is 99.5 cm³/mol. The minimum Gasteiger partial charge on any atom is -0.352 e. The second-order valence-corrected chi connectivity index (χ2v) is 8.60. The number of pyridine rings is 1. The number of rotatable bonds is 5. The van der Waals surface area contributed by atoms with Crippen molar-refractivity contribution < 1.29 is 13.2 Å². The first-order valence-corrected chi connectivity index (χ1v) is 10.2. The van der Waals surface area contributed by atoms with Gasteiger partial charge in [-0.05, 0) is 43.0 Å². The number of carbonyl (C=O) groups excluding carboxylic acids is 1. The van der Waals surface area contributed by atoms with Gasteiger partial charge in [0.15, 0.2) is 0 Å². The van der Waals surface area contributed by atoms with Gasteiger partial charge in [0, 0.05) is 32.0 Å². The molecule has 1 atom stereocenters. The molecule has 6 nitrogen and oxygen atoms in total. The maximum Gasteiger partial charge on any atom is 0.252 e. The van der Waals surface area contributed by atoms with Gasteiger partial charge in [0.05, 0.1) is 10.6 Å². The third kappa shape index (κ3) is 4.23. The molecule has 2 aromatic rings. The van der Waals surface area contributed by atoms with Crippen LogP contribution in [-0.2, 0) is 10.0 Å².